The number of benzene rings is 1. The van der Waals surface area contributed by atoms with E-state index in [1.807, 2.05) is 24.3 Å². The summed E-state index contributed by atoms with van der Waals surface area (Å²) < 4.78 is 0.993. The third kappa shape index (κ3) is 6.16. The molecular formula is C15H21BrN4O. The fourth-order valence-electron chi connectivity index (χ4n) is 1.83. The minimum atomic E-state index is -0.0116. The summed E-state index contributed by atoms with van der Waals surface area (Å²) in [5, 5.41) is 9.27. The highest BCUT2D eigenvalue weighted by Gasteiger charge is 2.20. The molecule has 0 aromatic heterocycles. The number of aliphatic imine (C=N–C) groups is 1. The van der Waals surface area contributed by atoms with Crippen molar-refractivity contribution in [1.29, 1.82) is 0 Å². The number of nitrogens with zero attached hydrogens (tertiary/aromatic N) is 1. The number of amides is 1. The van der Waals surface area contributed by atoms with E-state index in [0.29, 0.717) is 13.0 Å². The van der Waals surface area contributed by atoms with Gasteiger partial charge in [-0.1, -0.05) is 15.9 Å². The average molecular weight is 353 g/mol. The maximum Gasteiger partial charge on any atom is 0.226 e. The Morgan fingerprint density at radius 3 is 2.62 bits per heavy atom. The molecule has 1 aliphatic carbocycles. The standard InChI is InChI=1S/C15H21BrN4O/c1-17-15(19-10-11-2-3-11)18-9-8-14(21)20-13-6-4-12(16)5-7-13/h4-7,11H,2-3,8-10H2,1H3,(H,20,21)(H2,17,18,19). The monoisotopic (exact) mass is 352 g/mol. The minimum Gasteiger partial charge on any atom is -0.356 e. The normalized spacial score (nSPS) is 14.7. The van der Waals surface area contributed by atoms with E-state index in [4.69, 9.17) is 0 Å². The van der Waals surface area contributed by atoms with Crippen molar-refractivity contribution in [1.82, 2.24) is 10.6 Å². The lowest BCUT2D eigenvalue weighted by Gasteiger charge is -2.11. The second-order valence-electron chi connectivity index (χ2n) is 5.13. The number of hydrogen-bond donors (Lipinski definition) is 3. The van der Waals surface area contributed by atoms with Crippen LogP contribution in [0.1, 0.15) is 19.3 Å². The molecule has 0 unspecified atom stereocenters. The molecule has 0 heterocycles. The summed E-state index contributed by atoms with van der Waals surface area (Å²) in [6.45, 7) is 1.53. The van der Waals surface area contributed by atoms with E-state index in [-0.39, 0.29) is 5.91 Å². The topological polar surface area (TPSA) is 65.5 Å². The molecule has 114 valence electrons. The molecule has 3 N–H and O–H groups in total. The lowest BCUT2D eigenvalue weighted by atomic mass is 10.3. The van der Waals surface area contributed by atoms with Crippen LogP contribution < -0.4 is 16.0 Å². The molecular weight excluding hydrogens is 332 g/mol. The maximum absolute atomic E-state index is 11.8. The van der Waals surface area contributed by atoms with Gasteiger partial charge in [0.2, 0.25) is 5.91 Å². The average Bonchev–Trinajstić information content (AvgIpc) is 3.29. The molecule has 1 aromatic carbocycles. The van der Waals surface area contributed by atoms with Crippen LogP contribution >= 0.6 is 15.9 Å². The van der Waals surface area contributed by atoms with Gasteiger partial charge in [-0.2, -0.15) is 0 Å². The van der Waals surface area contributed by atoms with E-state index >= 15 is 0 Å². The summed E-state index contributed by atoms with van der Waals surface area (Å²) >= 11 is 3.36. The van der Waals surface area contributed by atoms with Crippen molar-refractivity contribution in [3.63, 3.8) is 0 Å². The molecule has 1 fully saturated rings. The second kappa shape index (κ2) is 8.02. The minimum absolute atomic E-state index is 0.0116. The lowest BCUT2D eigenvalue weighted by Crippen LogP contribution is -2.39. The largest absolute Gasteiger partial charge is 0.356 e. The van der Waals surface area contributed by atoms with Crippen LogP contribution in [-0.2, 0) is 4.79 Å². The molecule has 1 saturated carbocycles. The first kappa shape index (κ1) is 15.8. The smallest absolute Gasteiger partial charge is 0.226 e. The van der Waals surface area contributed by atoms with E-state index < -0.39 is 0 Å². The number of hydrogen-bond acceptors (Lipinski definition) is 2. The number of anilines is 1. The lowest BCUT2D eigenvalue weighted by molar-refractivity contribution is -0.116. The van der Waals surface area contributed by atoms with Gasteiger partial charge in [0.15, 0.2) is 5.96 Å². The Hall–Kier alpha value is -1.56. The Bertz CT molecular complexity index is 497. The highest BCUT2D eigenvalue weighted by atomic mass is 79.9. The van der Waals surface area contributed by atoms with Crippen LogP contribution in [0, 0.1) is 5.92 Å². The first-order chi connectivity index (χ1) is 10.2. The quantitative estimate of drug-likeness (QED) is 0.543. The first-order valence-electron chi connectivity index (χ1n) is 7.17. The number of nitrogens with one attached hydrogen (secondary N) is 3. The molecule has 0 radical (unpaired) electrons. The maximum atomic E-state index is 11.8. The van der Waals surface area contributed by atoms with Gasteiger partial charge in [-0.25, -0.2) is 0 Å². The fourth-order valence-corrected chi connectivity index (χ4v) is 2.10. The second-order valence-corrected chi connectivity index (χ2v) is 6.04. The van der Waals surface area contributed by atoms with E-state index in [0.717, 1.165) is 28.6 Å². The molecule has 0 saturated heterocycles. The summed E-state index contributed by atoms with van der Waals surface area (Å²) in [4.78, 5) is 16.0. The van der Waals surface area contributed by atoms with Gasteiger partial charge in [0.05, 0.1) is 0 Å². The fraction of sp³-hybridized carbons (Fsp3) is 0.467. The summed E-state index contributed by atoms with van der Waals surface area (Å²) in [5.41, 5.74) is 0.805. The van der Waals surface area contributed by atoms with Gasteiger partial charge in [0, 0.05) is 36.7 Å². The van der Waals surface area contributed by atoms with Gasteiger partial charge in [-0.3, -0.25) is 9.79 Å². The molecule has 2 rings (SSSR count). The molecule has 0 spiro atoms. The Kier molecular flexibility index (Phi) is 6.04. The van der Waals surface area contributed by atoms with Crippen molar-refractivity contribution in [2.45, 2.75) is 19.3 Å². The summed E-state index contributed by atoms with van der Waals surface area (Å²) in [6.07, 6.45) is 3.01. The van der Waals surface area contributed by atoms with Crippen molar-refractivity contribution < 1.29 is 4.79 Å². The zero-order valence-corrected chi connectivity index (χ0v) is 13.7. The van der Waals surface area contributed by atoms with E-state index in [9.17, 15) is 4.79 Å². The van der Waals surface area contributed by atoms with Crippen molar-refractivity contribution in [3.05, 3.63) is 28.7 Å². The van der Waals surface area contributed by atoms with Gasteiger partial charge in [0.1, 0.15) is 0 Å². The molecule has 0 bridgehead atoms. The Labute approximate surface area is 133 Å². The summed E-state index contributed by atoms with van der Waals surface area (Å²) in [6, 6.07) is 7.53. The van der Waals surface area contributed by atoms with E-state index in [1.54, 1.807) is 7.05 Å². The van der Waals surface area contributed by atoms with Crippen molar-refractivity contribution in [2.24, 2.45) is 10.9 Å². The molecule has 0 aliphatic heterocycles. The Morgan fingerprint density at radius 2 is 2.00 bits per heavy atom. The third-order valence-electron chi connectivity index (χ3n) is 3.25. The van der Waals surface area contributed by atoms with Gasteiger partial charge in [0.25, 0.3) is 0 Å². The number of carbonyl (C=O) groups is 1. The number of rotatable bonds is 6. The van der Waals surface area contributed by atoms with Crippen LogP contribution in [0.5, 0.6) is 0 Å². The molecule has 5 nitrogen and oxygen atoms in total. The van der Waals surface area contributed by atoms with Crippen LogP contribution in [0.4, 0.5) is 5.69 Å². The highest BCUT2D eigenvalue weighted by molar-refractivity contribution is 9.10. The molecule has 1 amide bonds. The van der Waals surface area contributed by atoms with Crippen molar-refractivity contribution >= 4 is 33.5 Å². The Morgan fingerprint density at radius 1 is 1.29 bits per heavy atom. The SMILES string of the molecule is CN=C(NCCC(=O)Nc1ccc(Br)cc1)NCC1CC1. The van der Waals surface area contributed by atoms with Crippen molar-refractivity contribution in [3.8, 4) is 0 Å². The molecule has 1 aromatic rings. The first-order valence-corrected chi connectivity index (χ1v) is 7.96. The van der Waals surface area contributed by atoms with Gasteiger partial charge >= 0.3 is 0 Å². The zero-order valence-electron chi connectivity index (χ0n) is 12.2. The van der Waals surface area contributed by atoms with Crippen molar-refractivity contribution in [2.75, 3.05) is 25.5 Å². The van der Waals surface area contributed by atoms with Crippen LogP contribution in [0.2, 0.25) is 0 Å². The molecule has 21 heavy (non-hydrogen) atoms. The zero-order chi connectivity index (χ0) is 15.1. The van der Waals surface area contributed by atoms with E-state index in [1.165, 1.54) is 12.8 Å². The van der Waals surface area contributed by atoms with Gasteiger partial charge < -0.3 is 16.0 Å². The number of carbonyl (C=O) groups excluding carboxylic acids is 1. The van der Waals surface area contributed by atoms with Crippen LogP contribution in [0.25, 0.3) is 0 Å². The molecule has 1 aliphatic rings. The molecule has 6 heteroatoms. The highest BCUT2D eigenvalue weighted by Crippen LogP contribution is 2.27. The Balaban J connectivity index is 1.64. The number of guanidine groups is 1. The predicted molar refractivity (Wildman–Crippen MR) is 89.5 cm³/mol. The number of halogens is 1. The van der Waals surface area contributed by atoms with Gasteiger partial charge in [-0.15, -0.1) is 0 Å². The summed E-state index contributed by atoms with van der Waals surface area (Å²) in [5.74, 6) is 1.55. The predicted octanol–water partition coefficient (Wildman–Crippen LogP) is 2.35. The van der Waals surface area contributed by atoms with Crippen LogP contribution in [0.3, 0.4) is 0 Å². The van der Waals surface area contributed by atoms with Crippen LogP contribution in [0.15, 0.2) is 33.7 Å². The van der Waals surface area contributed by atoms with Gasteiger partial charge in [-0.05, 0) is 43.0 Å². The summed E-state index contributed by atoms with van der Waals surface area (Å²) in [7, 11) is 1.74. The third-order valence-corrected chi connectivity index (χ3v) is 3.78. The molecule has 0 atom stereocenters. The van der Waals surface area contributed by atoms with Crippen LogP contribution in [-0.4, -0.2) is 32.0 Å². The van der Waals surface area contributed by atoms with E-state index in [2.05, 4.69) is 36.9 Å².